The highest BCUT2D eigenvalue weighted by molar-refractivity contribution is 9.11. The van der Waals surface area contributed by atoms with E-state index in [1.165, 1.54) is 17.0 Å². The zero-order chi connectivity index (χ0) is 18.3. The van der Waals surface area contributed by atoms with E-state index in [1.807, 2.05) is 0 Å². The van der Waals surface area contributed by atoms with Gasteiger partial charge in [-0.1, -0.05) is 11.6 Å². The van der Waals surface area contributed by atoms with Crippen molar-refractivity contribution < 1.29 is 13.2 Å². The molecule has 3 nitrogen and oxygen atoms in total. The summed E-state index contributed by atoms with van der Waals surface area (Å²) in [6.07, 6.45) is 2.75. The Kier molecular flexibility index (Phi) is 5.04. The first kappa shape index (κ1) is 18.2. The largest absolute Gasteiger partial charge is 0.311 e. The van der Waals surface area contributed by atoms with Gasteiger partial charge in [-0.25, -0.2) is 18.2 Å². The molecule has 2 aromatic heterocycles. The molecule has 0 aliphatic carbocycles. The molecule has 128 valence electrons. The fourth-order valence-corrected chi connectivity index (χ4v) is 3.78. The van der Waals surface area contributed by atoms with E-state index in [0.29, 0.717) is 12.1 Å². The number of hydrogen-bond acceptors (Lipinski definition) is 2. The van der Waals surface area contributed by atoms with Crippen molar-refractivity contribution in [2.75, 3.05) is 0 Å². The highest BCUT2D eigenvalue weighted by Gasteiger charge is 2.23. The van der Waals surface area contributed by atoms with Gasteiger partial charge in [-0.15, -0.1) is 0 Å². The summed E-state index contributed by atoms with van der Waals surface area (Å²) in [6, 6.07) is 4.20. The predicted molar refractivity (Wildman–Crippen MR) is 95.6 cm³/mol. The van der Waals surface area contributed by atoms with Crippen LogP contribution >= 0.6 is 43.5 Å². The minimum Gasteiger partial charge on any atom is -0.311 e. The number of rotatable bonds is 2. The number of hydrogen-bond donors (Lipinski definition) is 0. The molecule has 0 bridgehead atoms. The summed E-state index contributed by atoms with van der Waals surface area (Å²) in [5, 5.41) is 0.0501. The summed E-state index contributed by atoms with van der Waals surface area (Å²) in [5.41, 5.74) is -0.978. The summed E-state index contributed by atoms with van der Waals surface area (Å²) in [4.78, 5) is 16.2. The Morgan fingerprint density at radius 1 is 1.12 bits per heavy atom. The fraction of sp³-hybridized carbons (Fsp3) is 0. The Hall–Kier alpha value is -1.64. The van der Waals surface area contributed by atoms with Crippen LogP contribution in [0.5, 0.6) is 0 Å². The zero-order valence-corrected chi connectivity index (χ0v) is 16.0. The van der Waals surface area contributed by atoms with Crippen molar-refractivity contribution in [1.82, 2.24) is 9.55 Å². The Morgan fingerprint density at radius 3 is 2.36 bits per heavy atom. The molecular formula is C16H6Br2ClF3N2O. The molecule has 2 heterocycles. The van der Waals surface area contributed by atoms with Crippen LogP contribution in [-0.4, -0.2) is 9.55 Å². The van der Waals surface area contributed by atoms with Crippen molar-refractivity contribution in [3.8, 4) is 16.9 Å². The van der Waals surface area contributed by atoms with Gasteiger partial charge < -0.3 is 4.57 Å². The first-order valence-corrected chi connectivity index (χ1v) is 8.64. The van der Waals surface area contributed by atoms with Gasteiger partial charge in [0, 0.05) is 24.5 Å². The number of benzene rings is 1. The van der Waals surface area contributed by atoms with Crippen molar-refractivity contribution >= 4 is 43.5 Å². The molecule has 0 N–H and O–H groups in total. The van der Waals surface area contributed by atoms with Crippen LogP contribution in [0.3, 0.4) is 0 Å². The Bertz CT molecular complexity index is 1030. The third kappa shape index (κ3) is 3.26. The molecule has 0 aliphatic rings. The quantitative estimate of drug-likeness (QED) is 0.442. The molecule has 0 radical (unpaired) electrons. The number of pyridine rings is 2. The monoisotopic (exact) mass is 492 g/mol. The van der Waals surface area contributed by atoms with Gasteiger partial charge in [0.1, 0.15) is 17.5 Å². The average molecular weight is 494 g/mol. The van der Waals surface area contributed by atoms with Crippen LogP contribution < -0.4 is 5.43 Å². The van der Waals surface area contributed by atoms with E-state index in [1.54, 1.807) is 12.1 Å². The van der Waals surface area contributed by atoms with Gasteiger partial charge in [0.25, 0.3) is 0 Å². The summed E-state index contributed by atoms with van der Waals surface area (Å²) in [6.45, 7) is 0. The topological polar surface area (TPSA) is 34.9 Å². The SMILES string of the molecule is O=c1c(Br)cn(-c2cccnc2Cl)c(-c2c(F)cc(F)cc2F)c1Br. The minimum absolute atomic E-state index is 0.0501. The minimum atomic E-state index is -1.16. The summed E-state index contributed by atoms with van der Waals surface area (Å²) in [7, 11) is 0. The lowest BCUT2D eigenvalue weighted by Gasteiger charge is -2.18. The normalized spacial score (nSPS) is 11.0. The standard InChI is InChI=1S/C16H6Br2ClF3N2O/c17-8-6-24(11-2-1-3-23-16(11)19)14(13(18)15(8)25)12-9(21)4-7(20)5-10(12)22/h1-6H. The Balaban J connectivity index is 2.48. The fourth-order valence-electron chi connectivity index (χ4n) is 2.30. The van der Waals surface area contributed by atoms with Crippen LogP contribution in [0.1, 0.15) is 0 Å². The van der Waals surface area contributed by atoms with Crippen molar-refractivity contribution in [2.24, 2.45) is 0 Å². The molecule has 3 aromatic rings. The van der Waals surface area contributed by atoms with E-state index in [4.69, 9.17) is 11.6 Å². The second-order valence-electron chi connectivity index (χ2n) is 4.90. The Labute approximate surface area is 161 Å². The van der Waals surface area contributed by atoms with Gasteiger partial charge in [0.05, 0.1) is 25.9 Å². The van der Waals surface area contributed by atoms with Crippen LogP contribution in [0.15, 0.2) is 50.4 Å². The molecule has 0 atom stereocenters. The van der Waals surface area contributed by atoms with E-state index < -0.39 is 28.4 Å². The second kappa shape index (κ2) is 6.93. The van der Waals surface area contributed by atoms with Crippen LogP contribution in [-0.2, 0) is 0 Å². The third-order valence-corrected chi connectivity index (χ3v) is 4.94. The smallest absolute Gasteiger partial charge is 0.210 e. The van der Waals surface area contributed by atoms with Crippen LogP contribution in [0.4, 0.5) is 13.2 Å². The van der Waals surface area contributed by atoms with Gasteiger partial charge >= 0.3 is 0 Å². The van der Waals surface area contributed by atoms with Gasteiger partial charge in [0.15, 0.2) is 5.15 Å². The number of aromatic nitrogens is 2. The summed E-state index contributed by atoms with van der Waals surface area (Å²) in [5.74, 6) is -3.39. The lowest BCUT2D eigenvalue weighted by molar-refractivity contribution is 0.546. The first-order valence-electron chi connectivity index (χ1n) is 6.67. The highest BCUT2D eigenvalue weighted by Crippen LogP contribution is 2.35. The van der Waals surface area contributed by atoms with Crippen molar-refractivity contribution in [3.05, 3.63) is 78.4 Å². The van der Waals surface area contributed by atoms with E-state index >= 15 is 0 Å². The lowest BCUT2D eigenvalue weighted by Crippen LogP contribution is -2.14. The van der Waals surface area contributed by atoms with Gasteiger partial charge in [-0.3, -0.25) is 4.79 Å². The molecule has 0 amide bonds. The van der Waals surface area contributed by atoms with Gasteiger partial charge in [-0.05, 0) is 44.0 Å². The van der Waals surface area contributed by atoms with Gasteiger partial charge in [-0.2, -0.15) is 0 Å². The maximum absolute atomic E-state index is 14.3. The van der Waals surface area contributed by atoms with Crippen molar-refractivity contribution in [1.29, 1.82) is 0 Å². The molecule has 0 saturated heterocycles. The van der Waals surface area contributed by atoms with E-state index in [2.05, 4.69) is 36.8 Å². The Morgan fingerprint density at radius 2 is 1.76 bits per heavy atom. The summed E-state index contributed by atoms with van der Waals surface area (Å²) >= 11 is 12.3. The molecule has 0 saturated carbocycles. The van der Waals surface area contributed by atoms with Crippen molar-refractivity contribution in [2.45, 2.75) is 0 Å². The molecule has 9 heteroatoms. The van der Waals surface area contributed by atoms with Crippen LogP contribution in [0, 0.1) is 17.5 Å². The molecule has 0 aliphatic heterocycles. The third-order valence-electron chi connectivity index (χ3n) is 3.35. The molecule has 0 fully saturated rings. The van der Waals surface area contributed by atoms with Crippen molar-refractivity contribution in [3.63, 3.8) is 0 Å². The van der Waals surface area contributed by atoms with Crippen LogP contribution in [0.2, 0.25) is 5.15 Å². The maximum atomic E-state index is 14.3. The molecular weight excluding hydrogens is 488 g/mol. The van der Waals surface area contributed by atoms with E-state index in [0.717, 1.165) is 0 Å². The zero-order valence-electron chi connectivity index (χ0n) is 12.0. The highest BCUT2D eigenvalue weighted by atomic mass is 79.9. The molecule has 0 unspecified atom stereocenters. The van der Waals surface area contributed by atoms with E-state index in [9.17, 15) is 18.0 Å². The molecule has 25 heavy (non-hydrogen) atoms. The second-order valence-corrected chi connectivity index (χ2v) is 6.90. The van der Waals surface area contributed by atoms with E-state index in [-0.39, 0.29) is 25.5 Å². The molecule has 3 rings (SSSR count). The lowest BCUT2D eigenvalue weighted by atomic mass is 10.1. The van der Waals surface area contributed by atoms with Crippen LogP contribution in [0.25, 0.3) is 16.9 Å². The number of nitrogens with zero attached hydrogens (tertiary/aromatic N) is 2. The average Bonchev–Trinajstić information content (AvgIpc) is 2.54. The molecule has 0 spiro atoms. The first-order chi connectivity index (χ1) is 11.8. The van der Waals surface area contributed by atoms with Gasteiger partial charge in [0.2, 0.25) is 5.43 Å². The number of halogens is 6. The predicted octanol–water partition coefficient (Wildman–Crippen LogP) is 5.50. The summed E-state index contributed by atoms with van der Waals surface area (Å²) < 4.78 is 43.2. The molecule has 1 aromatic carbocycles. The maximum Gasteiger partial charge on any atom is 0.210 e.